The Kier molecular flexibility index (Phi) is 4.19. The molecule has 0 spiro atoms. The van der Waals surface area contributed by atoms with E-state index in [4.69, 9.17) is 4.99 Å². The summed E-state index contributed by atoms with van der Waals surface area (Å²) in [4.78, 5) is 9.14. The molecule has 0 amide bonds. The molecule has 2 aromatic heterocycles. The number of para-hydroxylation sites is 1. The van der Waals surface area contributed by atoms with Crippen LogP contribution in [0.4, 0.5) is 4.39 Å². The van der Waals surface area contributed by atoms with Gasteiger partial charge in [0.2, 0.25) is 0 Å². The van der Waals surface area contributed by atoms with E-state index in [-0.39, 0.29) is 5.82 Å². The first-order valence-electron chi connectivity index (χ1n) is 9.18. The first-order valence-corrected chi connectivity index (χ1v) is 10.7. The lowest BCUT2D eigenvalue weighted by Gasteiger charge is -2.30. The van der Waals surface area contributed by atoms with Crippen molar-refractivity contribution in [1.82, 2.24) is 9.55 Å². The molecule has 0 aliphatic carbocycles. The molecule has 0 unspecified atom stereocenters. The monoisotopic (exact) mass is 399 g/mol. The molecule has 5 nitrogen and oxygen atoms in total. The second kappa shape index (κ2) is 6.24. The average molecular weight is 399 g/mol. The summed E-state index contributed by atoms with van der Waals surface area (Å²) in [5.74, 6) is -0.372. The van der Waals surface area contributed by atoms with Gasteiger partial charge in [0.25, 0.3) is 0 Å². The molecule has 1 aliphatic heterocycles. The number of hydrogen-bond donors (Lipinski definition) is 0. The predicted molar refractivity (Wildman–Crippen MR) is 108 cm³/mol. The van der Waals surface area contributed by atoms with Crippen molar-refractivity contribution in [3.8, 4) is 0 Å². The van der Waals surface area contributed by atoms with Gasteiger partial charge in [-0.2, -0.15) is 0 Å². The van der Waals surface area contributed by atoms with Crippen LogP contribution in [0.3, 0.4) is 0 Å². The highest BCUT2D eigenvalue weighted by atomic mass is 32.2. The van der Waals surface area contributed by atoms with Gasteiger partial charge < -0.3 is 4.57 Å². The first-order chi connectivity index (χ1) is 13.1. The molecule has 0 bridgehead atoms. The van der Waals surface area contributed by atoms with Crippen molar-refractivity contribution in [2.24, 2.45) is 4.99 Å². The topological polar surface area (TPSA) is 64.3 Å². The predicted octanol–water partition coefficient (Wildman–Crippen LogP) is 3.99. The zero-order chi connectivity index (χ0) is 20.3. The molecule has 28 heavy (non-hydrogen) atoms. The number of aliphatic imine (C=N–C) groups is 1. The summed E-state index contributed by atoms with van der Waals surface area (Å²) in [5, 5.41) is 0.469. The molecule has 0 fully saturated rings. The molecule has 1 aromatic carbocycles. The van der Waals surface area contributed by atoms with Gasteiger partial charge in [0.05, 0.1) is 22.2 Å². The fraction of sp³-hybridized carbons (Fsp3) is 0.333. The van der Waals surface area contributed by atoms with Crippen LogP contribution < -0.4 is 0 Å². The molecule has 0 saturated heterocycles. The maximum atomic E-state index is 14.0. The summed E-state index contributed by atoms with van der Waals surface area (Å²) < 4.78 is 41.4. The Bertz CT molecular complexity index is 1220. The Morgan fingerprint density at radius 1 is 1.18 bits per heavy atom. The lowest BCUT2D eigenvalue weighted by molar-refractivity contribution is 0.406. The number of aromatic nitrogens is 2. The number of pyridine rings is 1. The Hall–Kier alpha value is -2.54. The van der Waals surface area contributed by atoms with E-state index in [1.165, 1.54) is 6.07 Å². The van der Waals surface area contributed by atoms with Crippen molar-refractivity contribution in [1.29, 1.82) is 0 Å². The van der Waals surface area contributed by atoms with Gasteiger partial charge in [-0.25, -0.2) is 12.8 Å². The van der Waals surface area contributed by atoms with Crippen LogP contribution >= 0.6 is 0 Å². The molecular weight excluding hydrogens is 377 g/mol. The van der Waals surface area contributed by atoms with E-state index in [1.54, 1.807) is 44.3 Å². The summed E-state index contributed by atoms with van der Waals surface area (Å²) >= 11 is 0. The summed E-state index contributed by atoms with van der Waals surface area (Å²) in [5.41, 5.74) is 1.95. The summed E-state index contributed by atoms with van der Waals surface area (Å²) in [6, 6.07) is 10.1. The van der Waals surface area contributed by atoms with E-state index < -0.39 is 20.6 Å². The molecule has 1 aliphatic rings. The largest absolute Gasteiger partial charge is 0.328 e. The number of hydrogen-bond acceptors (Lipinski definition) is 4. The van der Waals surface area contributed by atoms with Crippen molar-refractivity contribution in [3.05, 3.63) is 59.7 Å². The van der Waals surface area contributed by atoms with Gasteiger partial charge in [-0.05, 0) is 52.0 Å². The van der Waals surface area contributed by atoms with Crippen LogP contribution in [-0.2, 0) is 16.4 Å². The highest BCUT2D eigenvalue weighted by Crippen LogP contribution is 2.31. The number of sulfone groups is 1. The number of halogens is 1. The second-order valence-corrected chi connectivity index (χ2v) is 10.5. The van der Waals surface area contributed by atoms with Gasteiger partial charge in [0, 0.05) is 23.7 Å². The fourth-order valence-electron chi connectivity index (χ4n) is 3.56. The number of nitrogens with zero attached hydrogens (tertiary/aromatic N) is 3. The molecule has 146 valence electrons. The van der Waals surface area contributed by atoms with Crippen LogP contribution in [0, 0.1) is 5.82 Å². The first kappa shape index (κ1) is 18.8. The van der Waals surface area contributed by atoms with Gasteiger partial charge in [0.15, 0.2) is 9.84 Å². The zero-order valence-electron chi connectivity index (χ0n) is 16.3. The van der Waals surface area contributed by atoms with E-state index in [0.717, 1.165) is 11.3 Å². The minimum atomic E-state index is -3.43. The molecule has 0 N–H and O–H groups in total. The normalized spacial score (nSPS) is 16.3. The molecule has 7 heteroatoms. The summed E-state index contributed by atoms with van der Waals surface area (Å²) in [7, 11) is -3.43. The van der Waals surface area contributed by atoms with Gasteiger partial charge in [0.1, 0.15) is 16.4 Å². The molecule has 0 radical (unpaired) electrons. The summed E-state index contributed by atoms with van der Waals surface area (Å²) in [6.07, 6.45) is 1.60. The minimum absolute atomic E-state index is 0.303. The molecule has 3 aromatic rings. The van der Waals surface area contributed by atoms with Gasteiger partial charge in [-0.1, -0.05) is 12.1 Å². The Labute approximate surface area is 163 Å². The third-order valence-corrected chi connectivity index (χ3v) is 7.17. The Balaban J connectivity index is 1.92. The smallest absolute Gasteiger partial charge is 0.196 e. The lowest BCUT2D eigenvalue weighted by atomic mass is 9.99. The fourth-order valence-corrected chi connectivity index (χ4v) is 4.77. The maximum Gasteiger partial charge on any atom is 0.196 e. The van der Waals surface area contributed by atoms with Crippen molar-refractivity contribution in [2.75, 3.05) is 0 Å². The number of fused-ring (bicyclic) bond motifs is 2. The van der Waals surface area contributed by atoms with Crippen LogP contribution in [0.5, 0.6) is 0 Å². The SMILES string of the molecule is CC(C)S(=O)(=O)c1ccc2n1CC(C)(C)N=C2c1cnc2c(F)cccc2c1. The van der Waals surface area contributed by atoms with E-state index in [9.17, 15) is 12.8 Å². The van der Waals surface area contributed by atoms with Crippen molar-refractivity contribution in [3.63, 3.8) is 0 Å². The molecule has 4 rings (SSSR count). The summed E-state index contributed by atoms with van der Waals surface area (Å²) in [6.45, 7) is 7.77. The van der Waals surface area contributed by atoms with E-state index >= 15 is 0 Å². The quantitative estimate of drug-likeness (QED) is 0.669. The van der Waals surface area contributed by atoms with Crippen LogP contribution in [0.2, 0.25) is 0 Å². The van der Waals surface area contributed by atoms with Crippen molar-refractivity contribution in [2.45, 2.75) is 50.1 Å². The highest BCUT2D eigenvalue weighted by Gasteiger charge is 2.33. The van der Waals surface area contributed by atoms with Gasteiger partial charge in [-0.15, -0.1) is 0 Å². The zero-order valence-corrected chi connectivity index (χ0v) is 17.1. The lowest BCUT2D eigenvalue weighted by Crippen LogP contribution is -2.35. The second-order valence-electron chi connectivity index (χ2n) is 8.05. The highest BCUT2D eigenvalue weighted by molar-refractivity contribution is 7.92. The standard InChI is InChI=1S/C21H22FN3O2S/c1-13(2)28(26,27)18-9-8-17-20(24-21(3,4)12-25(17)18)15-10-14-6-5-7-16(22)19(14)23-11-15/h5-11,13H,12H2,1-4H3. The van der Waals surface area contributed by atoms with E-state index in [0.29, 0.717) is 28.2 Å². The number of benzene rings is 1. The van der Waals surface area contributed by atoms with Gasteiger partial charge >= 0.3 is 0 Å². The average Bonchev–Trinajstić information content (AvgIpc) is 3.04. The van der Waals surface area contributed by atoms with Crippen molar-refractivity contribution < 1.29 is 12.8 Å². The van der Waals surface area contributed by atoms with Crippen LogP contribution in [0.1, 0.15) is 39.0 Å². The molecule has 0 saturated carbocycles. The third kappa shape index (κ3) is 2.94. The molecule has 0 atom stereocenters. The van der Waals surface area contributed by atoms with Crippen molar-refractivity contribution >= 4 is 26.5 Å². The van der Waals surface area contributed by atoms with Crippen LogP contribution in [0.25, 0.3) is 10.9 Å². The minimum Gasteiger partial charge on any atom is -0.328 e. The Morgan fingerprint density at radius 3 is 2.64 bits per heavy atom. The van der Waals surface area contributed by atoms with Crippen LogP contribution in [0.15, 0.2) is 52.6 Å². The van der Waals surface area contributed by atoms with Gasteiger partial charge in [-0.3, -0.25) is 9.98 Å². The molecular formula is C21H22FN3O2S. The maximum absolute atomic E-state index is 14.0. The molecule has 3 heterocycles. The number of rotatable bonds is 3. The van der Waals surface area contributed by atoms with E-state index in [2.05, 4.69) is 4.98 Å². The Morgan fingerprint density at radius 2 is 1.93 bits per heavy atom. The third-order valence-electron chi connectivity index (χ3n) is 4.99. The van der Waals surface area contributed by atoms with E-state index in [1.807, 2.05) is 24.5 Å². The van der Waals surface area contributed by atoms with Crippen LogP contribution in [-0.4, -0.2) is 34.5 Å².